The Kier molecular flexibility index (Phi) is 4.63. The highest BCUT2D eigenvalue weighted by molar-refractivity contribution is 7.98. The van der Waals surface area contributed by atoms with Crippen LogP contribution in [0.15, 0.2) is 47.4 Å². The number of ether oxygens (including phenoxy) is 1. The number of carbonyl (C=O) groups is 1. The molecule has 0 amide bonds. The van der Waals surface area contributed by atoms with Crippen LogP contribution >= 0.6 is 11.8 Å². The van der Waals surface area contributed by atoms with Crippen LogP contribution in [0.3, 0.4) is 0 Å². The summed E-state index contributed by atoms with van der Waals surface area (Å²) in [6.07, 6.45) is 0. The lowest BCUT2D eigenvalue weighted by Crippen LogP contribution is -2.09. The SMILES string of the molecule is COC(=O)c1c(N)cccc1CSc1cccc(F)c1. The Bertz CT molecular complexity index is 631. The van der Waals surface area contributed by atoms with Crippen molar-refractivity contribution in [1.29, 1.82) is 0 Å². The highest BCUT2D eigenvalue weighted by Crippen LogP contribution is 2.27. The summed E-state index contributed by atoms with van der Waals surface area (Å²) in [6.45, 7) is 0. The van der Waals surface area contributed by atoms with E-state index in [4.69, 9.17) is 10.5 Å². The van der Waals surface area contributed by atoms with Crippen LogP contribution in [0.2, 0.25) is 0 Å². The predicted octanol–water partition coefficient (Wildman–Crippen LogP) is 3.49. The van der Waals surface area contributed by atoms with E-state index in [1.54, 1.807) is 18.2 Å². The molecule has 0 aromatic heterocycles. The first-order chi connectivity index (χ1) is 9.61. The Morgan fingerprint density at radius 2 is 2.05 bits per heavy atom. The van der Waals surface area contributed by atoms with E-state index in [-0.39, 0.29) is 5.82 Å². The van der Waals surface area contributed by atoms with Crippen LogP contribution < -0.4 is 5.73 Å². The number of methoxy groups -OCH3 is 1. The van der Waals surface area contributed by atoms with Gasteiger partial charge in [0.1, 0.15) is 5.82 Å². The summed E-state index contributed by atoms with van der Waals surface area (Å²) in [6, 6.07) is 11.6. The van der Waals surface area contributed by atoms with E-state index in [1.165, 1.54) is 31.0 Å². The molecule has 0 saturated carbocycles. The fourth-order valence-electron chi connectivity index (χ4n) is 1.81. The lowest BCUT2D eigenvalue weighted by Gasteiger charge is -2.10. The lowest BCUT2D eigenvalue weighted by atomic mass is 10.1. The van der Waals surface area contributed by atoms with Crippen LogP contribution in [0, 0.1) is 5.82 Å². The van der Waals surface area contributed by atoms with Gasteiger partial charge in [-0.15, -0.1) is 11.8 Å². The largest absolute Gasteiger partial charge is 0.465 e. The predicted molar refractivity (Wildman–Crippen MR) is 78.2 cm³/mol. The minimum atomic E-state index is -0.460. The van der Waals surface area contributed by atoms with E-state index in [9.17, 15) is 9.18 Å². The molecule has 0 radical (unpaired) electrons. The third-order valence-electron chi connectivity index (χ3n) is 2.76. The topological polar surface area (TPSA) is 52.3 Å². The van der Waals surface area contributed by atoms with Crippen molar-refractivity contribution >= 4 is 23.4 Å². The summed E-state index contributed by atoms with van der Waals surface area (Å²) in [5.41, 5.74) is 7.35. The highest BCUT2D eigenvalue weighted by Gasteiger charge is 2.15. The van der Waals surface area contributed by atoms with Gasteiger partial charge in [-0.3, -0.25) is 0 Å². The van der Waals surface area contributed by atoms with Crippen molar-refractivity contribution in [2.75, 3.05) is 12.8 Å². The van der Waals surface area contributed by atoms with E-state index in [0.717, 1.165) is 10.5 Å². The van der Waals surface area contributed by atoms with Crippen LogP contribution in [0.1, 0.15) is 15.9 Å². The van der Waals surface area contributed by atoms with Crippen molar-refractivity contribution in [3.8, 4) is 0 Å². The average Bonchev–Trinajstić information content (AvgIpc) is 2.44. The molecule has 2 aromatic rings. The maximum atomic E-state index is 13.1. The average molecular weight is 291 g/mol. The quantitative estimate of drug-likeness (QED) is 0.532. The Hall–Kier alpha value is -2.01. The molecule has 0 spiro atoms. The number of nitrogen functional groups attached to an aromatic ring is 1. The van der Waals surface area contributed by atoms with Crippen LogP contribution in [0.4, 0.5) is 10.1 Å². The van der Waals surface area contributed by atoms with Crippen molar-refractivity contribution in [3.63, 3.8) is 0 Å². The molecule has 2 aromatic carbocycles. The van der Waals surface area contributed by atoms with Gasteiger partial charge >= 0.3 is 5.97 Å². The van der Waals surface area contributed by atoms with Gasteiger partial charge in [-0.25, -0.2) is 9.18 Å². The van der Waals surface area contributed by atoms with Gasteiger partial charge in [-0.05, 0) is 29.8 Å². The molecule has 0 unspecified atom stereocenters. The molecule has 0 saturated heterocycles. The van der Waals surface area contributed by atoms with E-state index in [2.05, 4.69) is 0 Å². The summed E-state index contributed by atoms with van der Waals surface area (Å²) in [4.78, 5) is 12.5. The first kappa shape index (κ1) is 14.4. The zero-order valence-corrected chi connectivity index (χ0v) is 11.7. The molecule has 2 rings (SSSR count). The molecule has 0 atom stereocenters. The molecule has 0 bridgehead atoms. The van der Waals surface area contributed by atoms with Gasteiger partial charge in [0.15, 0.2) is 0 Å². The number of benzene rings is 2. The molecular formula is C15H14FNO2S. The standard InChI is InChI=1S/C15H14FNO2S/c1-19-15(18)14-10(4-2-7-13(14)17)9-20-12-6-3-5-11(16)8-12/h2-8H,9,17H2,1H3. The zero-order chi connectivity index (χ0) is 14.5. The fraction of sp³-hybridized carbons (Fsp3) is 0.133. The molecular weight excluding hydrogens is 277 g/mol. The summed E-state index contributed by atoms with van der Waals surface area (Å²) in [5.74, 6) is -0.229. The summed E-state index contributed by atoms with van der Waals surface area (Å²) < 4.78 is 17.9. The van der Waals surface area contributed by atoms with Crippen molar-refractivity contribution in [1.82, 2.24) is 0 Å². The molecule has 0 aliphatic carbocycles. The number of hydrogen-bond donors (Lipinski definition) is 1. The van der Waals surface area contributed by atoms with E-state index in [0.29, 0.717) is 17.0 Å². The Morgan fingerprint density at radius 1 is 1.30 bits per heavy atom. The van der Waals surface area contributed by atoms with Gasteiger partial charge in [0.05, 0.1) is 12.7 Å². The Labute approximate surface area is 120 Å². The second kappa shape index (κ2) is 6.43. The molecule has 0 aliphatic rings. The van der Waals surface area contributed by atoms with Crippen LogP contribution in [0.25, 0.3) is 0 Å². The summed E-state index contributed by atoms with van der Waals surface area (Å²) in [7, 11) is 1.32. The molecule has 2 N–H and O–H groups in total. The number of hydrogen-bond acceptors (Lipinski definition) is 4. The lowest BCUT2D eigenvalue weighted by molar-refractivity contribution is 0.0601. The van der Waals surface area contributed by atoms with Gasteiger partial charge in [-0.1, -0.05) is 18.2 Å². The number of esters is 1. The number of halogens is 1. The van der Waals surface area contributed by atoms with Gasteiger partial charge in [0.25, 0.3) is 0 Å². The van der Waals surface area contributed by atoms with E-state index in [1.807, 2.05) is 12.1 Å². The first-order valence-electron chi connectivity index (χ1n) is 5.96. The third-order valence-corrected chi connectivity index (χ3v) is 3.81. The van der Waals surface area contributed by atoms with E-state index >= 15 is 0 Å². The molecule has 5 heteroatoms. The van der Waals surface area contributed by atoms with Gasteiger partial charge in [0, 0.05) is 16.3 Å². The molecule has 3 nitrogen and oxygen atoms in total. The number of nitrogens with two attached hydrogens (primary N) is 1. The highest BCUT2D eigenvalue weighted by atomic mass is 32.2. The summed E-state index contributed by atoms with van der Waals surface area (Å²) >= 11 is 1.44. The number of thioether (sulfide) groups is 1. The molecule has 0 fully saturated rings. The molecule has 20 heavy (non-hydrogen) atoms. The van der Waals surface area contributed by atoms with Crippen molar-refractivity contribution in [3.05, 3.63) is 59.4 Å². The number of rotatable bonds is 4. The second-order valence-electron chi connectivity index (χ2n) is 4.12. The minimum Gasteiger partial charge on any atom is -0.465 e. The number of anilines is 1. The van der Waals surface area contributed by atoms with E-state index < -0.39 is 5.97 Å². The van der Waals surface area contributed by atoms with Gasteiger partial charge in [0.2, 0.25) is 0 Å². The fourth-order valence-corrected chi connectivity index (χ4v) is 2.74. The summed E-state index contributed by atoms with van der Waals surface area (Å²) in [5, 5.41) is 0. The molecule has 0 aliphatic heterocycles. The smallest absolute Gasteiger partial charge is 0.340 e. The van der Waals surface area contributed by atoms with Crippen LogP contribution in [0.5, 0.6) is 0 Å². The maximum Gasteiger partial charge on any atom is 0.340 e. The molecule has 104 valence electrons. The second-order valence-corrected chi connectivity index (χ2v) is 5.17. The first-order valence-corrected chi connectivity index (χ1v) is 6.94. The van der Waals surface area contributed by atoms with Crippen LogP contribution in [-0.4, -0.2) is 13.1 Å². The third kappa shape index (κ3) is 3.30. The van der Waals surface area contributed by atoms with Gasteiger partial charge < -0.3 is 10.5 Å². The van der Waals surface area contributed by atoms with Crippen molar-refractivity contribution < 1.29 is 13.9 Å². The maximum absolute atomic E-state index is 13.1. The zero-order valence-electron chi connectivity index (χ0n) is 10.9. The van der Waals surface area contributed by atoms with Crippen molar-refractivity contribution in [2.45, 2.75) is 10.6 Å². The monoisotopic (exact) mass is 291 g/mol. The molecule has 0 heterocycles. The minimum absolute atomic E-state index is 0.282. The Balaban J connectivity index is 2.21. The van der Waals surface area contributed by atoms with Crippen molar-refractivity contribution in [2.24, 2.45) is 0 Å². The Morgan fingerprint density at radius 3 is 2.75 bits per heavy atom. The normalized spacial score (nSPS) is 10.3. The van der Waals surface area contributed by atoms with Crippen LogP contribution in [-0.2, 0) is 10.5 Å². The van der Waals surface area contributed by atoms with Gasteiger partial charge in [-0.2, -0.15) is 0 Å². The number of carbonyl (C=O) groups excluding carboxylic acids is 1.